The number of benzene rings is 1. The summed E-state index contributed by atoms with van der Waals surface area (Å²) < 4.78 is 26.4. The second-order valence-electron chi connectivity index (χ2n) is 12.9. The smallest absolute Gasteiger partial charge is 0.414 e. The van der Waals surface area contributed by atoms with Crippen molar-refractivity contribution in [2.45, 2.75) is 71.6 Å². The Bertz CT molecular complexity index is 1620. The molecule has 2 atom stereocenters. The monoisotopic (exact) mass is 584 g/mol. The van der Waals surface area contributed by atoms with Gasteiger partial charge in [0.05, 0.1) is 39.1 Å². The summed E-state index contributed by atoms with van der Waals surface area (Å²) in [6, 6.07) is 3.09. The molecule has 1 saturated carbocycles. The third-order valence-electron chi connectivity index (χ3n) is 7.48. The number of alkyl carbamates (subject to hydrolysis) is 1. The molecule has 1 aliphatic heterocycles. The number of H-pyrrole nitrogens is 1. The van der Waals surface area contributed by atoms with E-state index in [1.54, 1.807) is 20.8 Å². The lowest BCUT2D eigenvalue weighted by Crippen LogP contribution is -2.36. The van der Waals surface area contributed by atoms with Crippen molar-refractivity contribution < 1.29 is 23.5 Å². The lowest BCUT2D eigenvalue weighted by atomic mass is 10.0. The summed E-state index contributed by atoms with van der Waals surface area (Å²) in [6.45, 7) is 11.9. The summed E-state index contributed by atoms with van der Waals surface area (Å²) in [5.41, 5.74) is -0.0848. The van der Waals surface area contributed by atoms with Crippen molar-refractivity contribution in [3.05, 3.63) is 28.7 Å². The first-order chi connectivity index (χ1) is 19.0. The number of carbonyl (C=O) groups is 2. The van der Waals surface area contributed by atoms with Crippen LogP contribution in [0.25, 0.3) is 21.9 Å². The number of nitriles is 1. The number of halogens is 2. The van der Waals surface area contributed by atoms with Crippen molar-refractivity contribution in [2.24, 2.45) is 5.41 Å². The minimum absolute atomic E-state index is 0.0392. The Hall–Kier alpha value is -3.78. The summed E-state index contributed by atoms with van der Waals surface area (Å²) in [7, 11) is 1.48. The molecule has 3 aromatic rings. The number of rotatable bonds is 3. The van der Waals surface area contributed by atoms with E-state index in [1.165, 1.54) is 18.1 Å². The van der Waals surface area contributed by atoms with Crippen molar-refractivity contribution >= 4 is 57.1 Å². The summed E-state index contributed by atoms with van der Waals surface area (Å²) in [5, 5.41) is 14.1. The first-order valence-corrected chi connectivity index (χ1v) is 13.8. The molecule has 1 aliphatic carbocycles. The molecule has 1 spiro atoms. The number of fused-ring (bicyclic) bond motifs is 3. The van der Waals surface area contributed by atoms with Gasteiger partial charge in [-0.3, -0.25) is 4.90 Å². The highest BCUT2D eigenvalue weighted by Crippen LogP contribution is 2.55. The molecule has 3 heterocycles. The number of carbonyl (C=O) groups excluding carboxylic acids is 2. The minimum Gasteiger partial charge on any atom is -0.444 e. The van der Waals surface area contributed by atoms with Gasteiger partial charge in [0.25, 0.3) is 0 Å². The third kappa shape index (κ3) is 5.33. The van der Waals surface area contributed by atoms with E-state index in [0.717, 1.165) is 18.9 Å². The van der Waals surface area contributed by atoms with Crippen molar-refractivity contribution in [2.75, 3.05) is 29.9 Å². The van der Waals surface area contributed by atoms with E-state index >= 15 is 4.39 Å². The van der Waals surface area contributed by atoms with Gasteiger partial charge in [-0.2, -0.15) is 5.26 Å². The third-order valence-corrected chi connectivity index (χ3v) is 7.76. The second kappa shape index (κ2) is 9.65. The molecule has 0 bridgehead atoms. The van der Waals surface area contributed by atoms with Gasteiger partial charge >= 0.3 is 12.2 Å². The molecule has 2 N–H and O–H groups in total. The zero-order chi connectivity index (χ0) is 30.1. The van der Waals surface area contributed by atoms with Crippen molar-refractivity contribution in [3.63, 3.8) is 0 Å². The fraction of sp³-hybridized carbons (Fsp3) is 0.517. The van der Waals surface area contributed by atoms with Crippen molar-refractivity contribution in [3.8, 4) is 6.07 Å². The van der Waals surface area contributed by atoms with Crippen LogP contribution in [0.4, 0.5) is 25.4 Å². The zero-order valence-corrected chi connectivity index (χ0v) is 25.0. The average Bonchev–Trinajstić information content (AvgIpc) is 3.15. The standard InChI is InChI=1S/C29H34ClFN6O4/c1-27(2,3)40-25(38)34-19-11-29(19)8-9-37(14-29)23-16(30)13-33-24-21(23)20-15(12-32)17(31)10-18(22(20)35-24)36(7)26(39)41-28(4,5)6/h10,13,19H,8-9,11,14H2,1-7H3,(H,33,35)(H,34,38)/t19-,29-/m1/s1. The molecular weight excluding hydrogens is 551 g/mol. The van der Waals surface area contributed by atoms with E-state index in [9.17, 15) is 14.9 Å². The number of anilines is 2. The Kier molecular flexibility index (Phi) is 6.77. The Morgan fingerprint density at radius 1 is 1.24 bits per heavy atom. The fourth-order valence-corrected chi connectivity index (χ4v) is 5.86. The number of nitrogens with one attached hydrogen (secondary N) is 2. The largest absolute Gasteiger partial charge is 0.444 e. The average molecular weight is 585 g/mol. The molecule has 1 aromatic carbocycles. The van der Waals surface area contributed by atoms with E-state index in [-0.39, 0.29) is 28.1 Å². The van der Waals surface area contributed by atoms with Crippen LogP contribution in [0.3, 0.4) is 0 Å². The van der Waals surface area contributed by atoms with Crippen LogP contribution in [0, 0.1) is 22.6 Å². The Labute approximate surface area is 242 Å². The molecule has 10 nitrogen and oxygen atoms in total. The van der Waals surface area contributed by atoms with Gasteiger partial charge in [-0.25, -0.2) is 19.0 Å². The summed E-state index contributed by atoms with van der Waals surface area (Å²) in [5.74, 6) is -0.779. The normalized spacial score (nSPS) is 20.4. The maximum atomic E-state index is 15.4. The van der Waals surface area contributed by atoms with Crippen LogP contribution in [0.1, 0.15) is 59.9 Å². The van der Waals surface area contributed by atoms with Gasteiger partial charge in [-0.15, -0.1) is 0 Å². The molecule has 2 fully saturated rings. The van der Waals surface area contributed by atoms with Crippen molar-refractivity contribution in [1.82, 2.24) is 15.3 Å². The van der Waals surface area contributed by atoms with Gasteiger partial charge in [0.2, 0.25) is 0 Å². The number of aromatic amines is 1. The molecule has 2 amide bonds. The van der Waals surface area contributed by atoms with Gasteiger partial charge < -0.3 is 24.7 Å². The van der Waals surface area contributed by atoms with Gasteiger partial charge in [0.1, 0.15) is 28.7 Å². The van der Waals surface area contributed by atoms with Crippen LogP contribution in [-0.2, 0) is 9.47 Å². The molecule has 1 saturated heterocycles. The van der Waals surface area contributed by atoms with E-state index in [4.69, 9.17) is 21.1 Å². The zero-order valence-electron chi connectivity index (χ0n) is 24.2. The topological polar surface area (TPSA) is 124 Å². The summed E-state index contributed by atoms with van der Waals surface area (Å²) in [6.07, 6.45) is 2.00. The number of ether oxygens (including phenoxy) is 2. The number of pyridine rings is 1. The Balaban J connectivity index is 1.55. The van der Waals surface area contributed by atoms with Gasteiger partial charge in [0.15, 0.2) is 0 Å². The Morgan fingerprint density at radius 2 is 1.93 bits per heavy atom. The molecule has 0 unspecified atom stereocenters. The van der Waals surface area contributed by atoms with Crippen LogP contribution >= 0.6 is 11.6 Å². The lowest BCUT2D eigenvalue weighted by Gasteiger charge is -2.25. The number of nitrogens with zero attached hydrogens (tertiary/aromatic N) is 4. The summed E-state index contributed by atoms with van der Waals surface area (Å²) >= 11 is 6.74. The highest BCUT2D eigenvalue weighted by atomic mass is 35.5. The van der Waals surface area contributed by atoms with Gasteiger partial charge in [0, 0.05) is 43.0 Å². The van der Waals surface area contributed by atoms with Gasteiger partial charge in [-0.05, 0) is 54.4 Å². The van der Waals surface area contributed by atoms with E-state index in [0.29, 0.717) is 40.3 Å². The maximum Gasteiger partial charge on any atom is 0.414 e. The van der Waals surface area contributed by atoms with Crippen LogP contribution < -0.4 is 15.1 Å². The highest BCUT2D eigenvalue weighted by molar-refractivity contribution is 6.36. The number of aromatic nitrogens is 2. The number of hydrogen-bond acceptors (Lipinski definition) is 7. The molecule has 2 aliphatic rings. The first-order valence-electron chi connectivity index (χ1n) is 13.5. The van der Waals surface area contributed by atoms with Crippen LogP contribution in [0.5, 0.6) is 0 Å². The van der Waals surface area contributed by atoms with Crippen LogP contribution in [-0.4, -0.2) is 59.5 Å². The molecule has 12 heteroatoms. The van der Waals surface area contributed by atoms with E-state index in [1.807, 2.05) is 26.8 Å². The maximum absolute atomic E-state index is 15.4. The van der Waals surface area contributed by atoms with Gasteiger partial charge in [-0.1, -0.05) is 11.6 Å². The minimum atomic E-state index is -0.779. The number of amides is 2. The molecule has 0 radical (unpaired) electrons. The highest BCUT2D eigenvalue weighted by Gasteiger charge is 2.58. The van der Waals surface area contributed by atoms with Crippen molar-refractivity contribution in [1.29, 1.82) is 5.26 Å². The van der Waals surface area contributed by atoms with Crippen LogP contribution in [0.2, 0.25) is 5.02 Å². The number of hydrogen-bond donors (Lipinski definition) is 2. The molecule has 41 heavy (non-hydrogen) atoms. The van der Waals surface area contributed by atoms with E-state index < -0.39 is 29.2 Å². The fourth-order valence-electron chi connectivity index (χ4n) is 5.59. The lowest BCUT2D eigenvalue weighted by molar-refractivity contribution is 0.0515. The molecule has 5 rings (SSSR count). The van der Waals surface area contributed by atoms with E-state index in [2.05, 4.69) is 20.2 Å². The predicted octanol–water partition coefficient (Wildman–Crippen LogP) is 6.25. The molecule has 218 valence electrons. The SMILES string of the molecule is CN(C(=O)OC(C)(C)C)c1cc(F)c(C#N)c2c1[nH]c1ncc(Cl)c(N3CC[C@@]4(C[C@H]4NC(=O)OC(C)(C)C)C3)c12. The predicted molar refractivity (Wildman–Crippen MR) is 155 cm³/mol. The Morgan fingerprint density at radius 3 is 2.56 bits per heavy atom. The second-order valence-corrected chi connectivity index (χ2v) is 13.3. The quantitative estimate of drug-likeness (QED) is 0.373. The molecular formula is C29H34ClFN6O4. The summed E-state index contributed by atoms with van der Waals surface area (Å²) in [4.78, 5) is 36.2. The first kappa shape index (κ1) is 28.7. The van der Waals surface area contributed by atoms with Crippen LogP contribution in [0.15, 0.2) is 12.3 Å². The molecule has 2 aromatic heterocycles.